The molecular weight excluding hydrogens is 166 g/mol. The first-order valence-corrected chi connectivity index (χ1v) is 4.21. The first-order valence-electron chi connectivity index (χ1n) is 4.21. The zero-order valence-corrected chi connectivity index (χ0v) is 7.45. The molecule has 0 fully saturated rings. The maximum Gasteiger partial charge on any atom is 0.336 e. The molecule has 0 atom stereocenters. The van der Waals surface area contributed by atoms with Crippen molar-refractivity contribution in [2.75, 3.05) is 7.05 Å². The lowest BCUT2D eigenvalue weighted by Gasteiger charge is -2.04. The van der Waals surface area contributed by atoms with E-state index in [2.05, 4.69) is 4.90 Å². The van der Waals surface area contributed by atoms with Crippen molar-refractivity contribution in [3.8, 4) is 0 Å². The summed E-state index contributed by atoms with van der Waals surface area (Å²) in [6, 6.07) is 5.47. The summed E-state index contributed by atoms with van der Waals surface area (Å²) in [7, 11) is 1.99. The van der Waals surface area contributed by atoms with Crippen molar-refractivity contribution in [3.63, 3.8) is 0 Å². The number of carboxylic acid groups (broad SMARTS) is 1. The van der Waals surface area contributed by atoms with Crippen LogP contribution < -0.4 is 0 Å². The number of aromatic carboxylic acids is 1. The van der Waals surface area contributed by atoms with Crippen LogP contribution in [0.1, 0.15) is 21.5 Å². The fraction of sp³-hybridized carbons (Fsp3) is 0.300. The van der Waals surface area contributed by atoms with Crippen molar-refractivity contribution < 1.29 is 9.90 Å². The minimum Gasteiger partial charge on any atom is -0.478 e. The van der Waals surface area contributed by atoms with Gasteiger partial charge in [-0.1, -0.05) is 12.1 Å². The summed E-state index contributed by atoms with van der Waals surface area (Å²) in [5.74, 6) is -0.827. The maximum absolute atomic E-state index is 10.8. The third-order valence-corrected chi connectivity index (χ3v) is 2.37. The highest BCUT2D eigenvalue weighted by Gasteiger charge is 2.20. The van der Waals surface area contributed by atoms with Gasteiger partial charge in [0, 0.05) is 13.1 Å². The van der Waals surface area contributed by atoms with E-state index >= 15 is 0 Å². The molecule has 0 aliphatic carbocycles. The van der Waals surface area contributed by atoms with Crippen molar-refractivity contribution in [1.82, 2.24) is 4.90 Å². The van der Waals surface area contributed by atoms with Gasteiger partial charge in [-0.2, -0.15) is 0 Å². The van der Waals surface area contributed by atoms with Crippen molar-refractivity contribution in [1.29, 1.82) is 0 Å². The number of carboxylic acids is 1. The van der Waals surface area contributed by atoms with Gasteiger partial charge in [-0.3, -0.25) is 4.90 Å². The van der Waals surface area contributed by atoms with Crippen LogP contribution in [0.4, 0.5) is 0 Å². The summed E-state index contributed by atoms with van der Waals surface area (Å²) in [6.07, 6.45) is 0. The molecule has 0 unspecified atom stereocenters. The van der Waals surface area contributed by atoms with E-state index in [9.17, 15) is 4.79 Å². The summed E-state index contributed by atoms with van der Waals surface area (Å²) in [5.41, 5.74) is 2.56. The quantitative estimate of drug-likeness (QED) is 0.703. The van der Waals surface area contributed by atoms with Crippen molar-refractivity contribution in [2.45, 2.75) is 13.1 Å². The van der Waals surface area contributed by atoms with Crippen molar-refractivity contribution in [2.24, 2.45) is 0 Å². The third kappa shape index (κ3) is 1.31. The van der Waals surface area contributed by atoms with E-state index in [1.807, 2.05) is 13.1 Å². The van der Waals surface area contributed by atoms with Crippen LogP contribution in [0.5, 0.6) is 0 Å². The summed E-state index contributed by atoms with van der Waals surface area (Å²) in [6.45, 7) is 1.61. The second-order valence-corrected chi connectivity index (χ2v) is 3.42. The van der Waals surface area contributed by atoms with Gasteiger partial charge in [0.15, 0.2) is 0 Å². The number of carbonyl (C=O) groups is 1. The third-order valence-electron chi connectivity index (χ3n) is 2.37. The number of rotatable bonds is 1. The van der Waals surface area contributed by atoms with Crippen LogP contribution in [0.25, 0.3) is 0 Å². The molecule has 0 bridgehead atoms. The van der Waals surface area contributed by atoms with Gasteiger partial charge < -0.3 is 5.11 Å². The molecule has 1 heterocycles. The van der Waals surface area contributed by atoms with Crippen LogP contribution in [0, 0.1) is 0 Å². The molecular formula is C10H11NO2. The average Bonchev–Trinajstić information content (AvgIpc) is 2.43. The lowest BCUT2D eigenvalue weighted by molar-refractivity contribution is 0.0695. The van der Waals surface area contributed by atoms with Crippen molar-refractivity contribution >= 4 is 5.97 Å². The van der Waals surface area contributed by atoms with Crippen LogP contribution in [0.2, 0.25) is 0 Å². The Morgan fingerprint density at radius 1 is 1.46 bits per heavy atom. The Bertz CT molecular complexity index is 360. The largest absolute Gasteiger partial charge is 0.478 e. The first kappa shape index (κ1) is 8.26. The van der Waals surface area contributed by atoms with Crippen LogP contribution in [0.15, 0.2) is 18.2 Å². The van der Waals surface area contributed by atoms with Crippen LogP contribution in [-0.2, 0) is 13.1 Å². The summed E-state index contributed by atoms with van der Waals surface area (Å²) in [5, 5.41) is 8.92. The van der Waals surface area contributed by atoms with E-state index in [1.54, 1.807) is 12.1 Å². The number of hydrogen-bond donors (Lipinski definition) is 1. The van der Waals surface area contributed by atoms with Gasteiger partial charge in [-0.05, 0) is 24.2 Å². The van der Waals surface area contributed by atoms with Crippen LogP contribution >= 0.6 is 0 Å². The summed E-state index contributed by atoms with van der Waals surface area (Å²) < 4.78 is 0. The smallest absolute Gasteiger partial charge is 0.336 e. The fourth-order valence-electron chi connectivity index (χ4n) is 1.79. The molecule has 3 heteroatoms. The number of hydrogen-bond acceptors (Lipinski definition) is 2. The minimum atomic E-state index is -0.827. The van der Waals surface area contributed by atoms with Crippen LogP contribution in [0.3, 0.4) is 0 Å². The Labute approximate surface area is 76.6 Å². The Balaban J connectivity index is 2.51. The molecule has 1 N–H and O–H groups in total. The van der Waals surface area contributed by atoms with Gasteiger partial charge in [0.05, 0.1) is 5.56 Å². The van der Waals surface area contributed by atoms with Gasteiger partial charge in [0.2, 0.25) is 0 Å². The highest BCUT2D eigenvalue weighted by Crippen LogP contribution is 2.24. The molecule has 1 aliphatic rings. The van der Waals surface area contributed by atoms with E-state index in [1.165, 1.54) is 0 Å². The molecule has 2 rings (SSSR count). The van der Waals surface area contributed by atoms with Gasteiger partial charge in [-0.25, -0.2) is 4.79 Å². The number of fused-ring (bicyclic) bond motifs is 1. The predicted molar refractivity (Wildman–Crippen MR) is 48.6 cm³/mol. The number of benzene rings is 1. The molecule has 68 valence electrons. The van der Waals surface area contributed by atoms with E-state index < -0.39 is 5.97 Å². The monoisotopic (exact) mass is 177 g/mol. The topological polar surface area (TPSA) is 40.5 Å². The van der Waals surface area contributed by atoms with Gasteiger partial charge in [0.1, 0.15) is 0 Å². The van der Waals surface area contributed by atoms with Gasteiger partial charge in [-0.15, -0.1) is 0 Å². The van der Waals surface area contributed by atoms with Crippen molar-refractivity contribution in [3.05, 3.63) is 34.9 Å². The molecule has 0 aromatic heterocycles. The minimum absolute atomic E-state index is 0.446. The highest BCUT2D eigenvalue weighted by molar-refractivity contribution is 5.89. The van der Waals surface area contributed by atoms with Crippen LogP contribution in [-0.4, -0.2) is 23.0 Å². The highest BCUT2D eigenvalue weighted by atomic mass is 16.4. The van der Waals surface area contributed by atoms with E-state index in [0.29, 0.717) is 5.56 Å². The second-order valence-electron chi connectivity index (χ2n) is 3.42. The molecule has 0 saturated carbocycles. The number of nitrogens with zero attached hydrogens (tertiary/aromatic N) is 1. The van der Waals surface area contributed by atoms with E-state index in [-0.39, 0.29) is 0 Å². The lowest BCUT2D eigenvalue weighted by atomic mass is 10.0. The Morgan fingerprint density at radius 2 is 2.23 bits per heavy atom. The molecule has 0 saturated heterocycles. The zero-order valence-electron chi connectivity index (χ0n) is 7.45. The molecule has 1 aromatic carbocycles. The molecule has 13 heavy (non-hydrogen) atoms. The average molecular weight is 177 g/mol. The van der Waals surface area contributed by atoms with E-state index in [0.717, 1.165) is 24.2 Å². The first-order chi connectivity index (χ1) is 6.18. The molecule has 3 nitrogen and oxygen atoms in total. The molecule has 0 spiro atoms. The normalized spacial score (nSPS) is 15.8. The lowest BCUT2D eigenvalue weighted by Crippen LogP contribution is -2.08. The predicted octanol–water partition coefficient (Wildman–Crippen LogP) is 1.33. The second kappa shape index (κ2) is 2.85. The standard InChI is InChI=1S/C10H11NO2/c1-11-5-7-3-2-4-8(10(12)13)9(7)6-11/h2-4H,5-6H2,1H3,(H,12,13). The maximum atomic E-state index is 10.8. The fourth-order valence-corrected chi connectivity index (χ4v) is 1.79. The summed E-state index contributed by atoms with van der Waals surface area (Å²) >= 11 is 0. The molecule has 1 aromatic rings. The zero-order chi connectivity index (χ0) is 9.42. The summed E-state index contributed by atoms with van der Waals surface area (Å²) in [4.78, 5) is 13.0. The molecule has 0 amide bonds. The Kier molecular flexibility index (Phi) is 1.81. The SMILES string of the molecule is CN1Cc2cccc(C(=O)O)c2C1. The van der Waals surface area contributed by atoms with E-state index in [4.69, 9.17) is 5.11 Å². The molecule has 1 aliphatic heterocycles. The Hall–Kier alpha value is -1.35. The van der Waals surface area contributed by atoms with Gasteiger partial charge >= 0.3 is 5.97 Å². The van der Waals surface area contributed by atoms with Gasteiger partial charge in [0.25, 0.3) is 0 Å². The Morgan fingerprint density at radius 3 is 2.92 bits per heavy atom. The molecule has 0 radical (unpaired) electrons.